The third-order valence-corrected chi connectivity index (χ3v) is 2.36. The van der Waals surface area contributed by atoms with E-state index in [0.29, 0.717) is 12.8 Å². The van der Waals surface area contributed by atoms with Crippen molar-refractivity contribution in [3.8, 4) is 0 Å². The molecule has 82 valence electrons. The molecule has 5 nitrogen and oxygen atoms in total. The van der Waals surface area contributed by atoms with Crippen LogP contribution in [0, 0.1) is 5.41 Å². The van der Waals surface area contributed by atoms with Gasteiger partial charge in [0, 0.05) is 0 Å². The molecule has 0 aliphatic carbocycles. The molecule has 0 spiro atoms. The minimum Gasteiger partial charge on any atom is -0.277 e. The summed E-state index contributed by atoms with van der Waals surface area (Å²) in [6.45, 7) is 3.61. The maximum atomic E-state index is 11.7. The van der Waals surface area contributed by atoms with Crippen LogP contribution in [-0.2, 0) is 9.59 Å². The van der Waals surface area contributed by atoms with Gasteiger partial charge in [0.2, 0.25) is 11.8 Å². The lowest BCUT2D eigenvalue weighted by Crippen LogP contribution is -2.61. The molecule has 1 saturated heterocycles. The van der Waals surface area contributed by atoms with Crippen molar-refractivity contribution in [2.24, 2.45) is 5.41 Å². The van der Waals surface area contributed by atoms with Crippen molar-refractivity contribution in [3.05, 3.63) is 12.2 Å². The van der Waals surface area contributed by atoms with E-state index in [4.69, 9.17) is 0 Å². The van der Waals surface area contributed by atoms with Crippen molar-refractivity contribution in [2.75, 3.05) is 0 Å². The summed E-state index contributed by atoms with van der Waals surface area (Å²) >= 11 is 0. The Labute approximate surface area is 87.9 Å². The Balaban J connectivity index is 3.08. The van der Waals surface area contributed by atoms with Gasteiger partial charge in [-0.15, -0.1) is 0 Å². The van der Waals surface area contributed by atoms with Crippen molar-refractivity contribution in [2.45, 2.75) is 26.7 Å². The average Bonchev–Trinajstić information content (AvgIpc) is 2.14. The molecular weight excluding hydrogens is 196 g/mol. The van der Waals surface area contributed by atoms with E-state index in [1.165, 1.54) is 6.08 Å². The Kier molecular flexibility index (Phi) is 3.24. The zero-order chi connectivity index (χ0) is 11.5. The van der Waals surface area contributed by atoms with Crippen LogP contribution in [0.3, 0.4) is 0 Å². The van der Waals surface area contributed by atoms with Crippen LogP contribution in [0.25, 0.3) is 0 Å². The van der Waals surface area contributed by atoms with Crippen molar-refractivity contribution >= 4 is 17.8 Å². The molecule has 0 bridgehead atoms. The number of carbonyl (C=O) groups is 3. The van der Waals surface area contributed by atoms with E-state index in [1.807, 2.05) is 6.92 Å². The average molecular weight is 210 g/mol. The van der Waals surface area contributed by atoms with Crippen molar-refractivity contribution in [1.82, 2.24) is 10.6 Å². The number of nitrogens with one attached hydrogen (secondary N) is 2. The van der Waals surface area contributed by atoms with Crippen LogP contribution in [0.1, 0.15) is 26.7 Å². The van der Waals surface area contributed by atoms with E-state index >= 15 is 0 Å². The van der Waals surface area contributed by atoms with Crippen LogP contribution in [0.4, 0.5) is 4.79 Å². The van der Waals surface area contributed by atoms with Gasteiger partial charge in [-0.05, 0) is 13.3 Å². The van der Waals surface area contributed by atoms with E-state index in [9.17, 15) is 14.4 Å². The molecule has 0 unspecified atom stereocenters. The summed E-state index contributed by atoms with van der Waals surface area (Å²) in [6.07, 6.45) is 4.25. The number of allylic oxidation sites excluding steroid dienone is 1. The summed E-state index contributed by atoms with van der Waals surface area (Å²) in [5, 5.41) is 4.22. The number of urea groups is 1. The lowest BCUT2D eigenvalue weighted by Gasteiger charge is -2.30. The van der Waals surface area contributed by atoms with Crippen LogP contribution in [0.5, 0.6) is 0 Å². The maximum Gasteiger partial charge on any atom is 0.328 e. The van der Waals surface area contributed by atoms with Gasteiger partial charge in [0.25, 0.3) is 0 Å². The molecule has 1 rings (SSSR count). The van der Waals surface area contributed by atoms with E-state index in [1.54, 1.807) is 13.0 Å². The van der Waals surface area contributed by atoms with E-state index in [2.05, 4.69) is 10.6 Å². The molecular formula is C10H14N2O3. The van der Waals surface area contributed by atoms with Crippen LogP contribution in [0.2, 0.25) is 0 Å². The van der Waals surface area contributed by atoms with Gasteiger partial charge < -0.3 is 0 Å². The SMILES string of the molecule is C/C=C\C1(CCC)C(=O)NC(=O)NC1=O. The highest BCUT2D eigenvalue weighted by molar-refractivity contribution is 6.20. The van der Waals surface area contributed by atoms with Crippen molar-refractivity contribution in [1.29, 1.82) is 0 Å². The summed E-state index contributed by atoms with van der Waals surface area (Å²) in [4.78, 5) is 34.2. The summed E-state index contributed by atoms with van der Waals surface area (Å²) in [5.74, 6) is -1.09. The van der Waals surface area contributed by atoms with Crippen LogP contribution in [0.15, 0.2) is 12.2 Å². The summed E-state index contributed by atoms with van der Waals surface area (Å²) < 4.78 is 0. The first-order valence-electron chi connectivity index (χ1n) is 4.87. The van der Waals surface area contributed by atoms with Crippen molar-refractivity contribution in [3.63, 3.8) is 0 Å². The summed E-state index contributed by atoms with van der Waals surface area (Å²) in [5.41, 5.74) is -1.22. The highest BCUT2D eigenvalue weighted by Gasteiger charge is 2.47. The molecule has 0 radical (unpaired) electrons. The van der Waals surface area contributed by atoms with Gasteiger partial charge in [0.15, 0.2) is 0 Å². The Morgan fingerprint density at radius 3 is 2.13 bits per heavy atom. The quantitative estimate of drug-likeness (QED) is 0.532. The molecule has 0 saturated carbocycles. The maximum absolute atomic E-state index is 11.7. The minimum absolute atomic E-state index is 0.391. The monoisotopic (exact) mass is 210 g/mol. The molecule has 2 N–H and O–H groups in total. The zero-order valence-electron chi connectivity index (χ0n) is 8.79. The molecule has 1 aliphatic rings. The number of amides is 4. The van der Waals surface area contributed by atoms with Gasteiger partial charge in [0.1, 0.15) is 5.41 Å². The van der Waals surface area contributed by atoms with Gasteiger partial charge in [0.05, 0.1) is 0 Å². The molecule has 5 heteroatoms. The standard InChI is InChI=1S/C10H14N2O3/c1-3-5-10(6-4-2)7(13)11-9(15)12-8(10)14/h3,5H,4,6H2,1-2H3,(H2,11,12,13,14,15)/b5-3-. The van der Waals surface area contributed by atoms with E-state index in [0.717, 1.165) is 0 Å². The highest BCUT2D eigenvalue weighted by atomic mass is 16.2. The second-order valence-corrected chi connectivity index (χ2v) is 3.46. The third kappa shape index (κ3) is 1.91. The van der Waals surface area contributed by atoms with E-state index in [-0.39, 0.29) is 0 Å². The molecule has 4 amide bonds. The first kappa shape index (κ1) is 11.4. The Hall–Kier alpha value is -1.65. The van der Waals surface area contributed by atoms with Crippen LogP contribution in [-0.4, -0.2) is 17.8 Å². The number of carbonyl (C=O) groups excluding carboxylic acids is 3. The molecule has 1 aliphatic heterocycles. The number of rotatable bonds is 3. The second-order valence-electron chi connectivity index (χ2n) is 3.46. The first-order valence-corrected chi connectivity index (χ1v) is 4.87. The minimum atomic E-state index is -1.22. The molecule has 0 atom stereocenters. The fourth-order valence-electron chi connectivity index (χ4n) is 1.70. The molecule has 0 aromatic carbocycles. The second kappa shape index (κ2) is 4.25. The predicted molar refractivity (Wildman–Crippen MR) is 53.8 cm³/mol. The lowest BCUT2D eigenvalue weighted by atomic mass is 9.80. The van der Waals surface area contributed by atoms with Gasteiger partial charge in [-0.2, -0.15) is 0 Å². The molecule has 1 fully saturated rings. The first-order chi connectivity index (χ1) is 7.06. The van der Waals surface area contributed by atoms with Crippen LogP contribution < -0.4 is 10.6 Å². The molecule has 0 aromatic rings. The normalized spacial score (nSPS) is 20.3. The largest absolute Gasteiger partial charge is 0.328 e. The van der Waals surface area contributed by atoms with Gasteiger partial charge in [-0.25, -0.2) is 4.79 Å². The van der Waals surface area contributed by atoms with Gasteiger partial charge in [-0.3, -0.25) is 20.2 Å². The zero-order valence-corrected chi connectivity index (χ0v) is 8.79. The molecule has 1 heterocycles. The molecule has 15 heavy (non-hydrogen) atoms. The smallest absolute Gasteiger partial charge is 0.277 e. The Morgan fingerprint density at radius 1 is 1.20 bits per heavy atom. The topological polar surface area (TPSA) is 75.3 Å². The van der Waals surface area contributed by atoms with Gasteiger partial charge >= 0.3 is 6.03 Å². The Morgan fingerprint density at radius 2 is 1.73 bits per heavy atom. The molecule has 0 aromatic heterocycles. The number of imide groups is 2. The fourth-order valence-corrected chi connectivity index (χ4v) is 1.70. The van der Waals surface area contributed by atoms with Crippen molar-refractivity contribution < 1.29 is 14.4 Å². The highest BCUT2D eigenvalue weighted by Crippen LogP contribution is 2.28. The number of hydrogen-bond donors (Lipinski definition) is 2. The van der Waals surface area contributed by atoms with E-state index < -0.39 is 23.3 Å². The summed E-state index contributed by atoms with van der Waals surface area (Å²) in [7, 11) is 0. The van der Waals surface area contributed by atoms with Gasteiger partial charge in [-0.1, -0.05) is 25.5 Å². The summed E-state index contributed by atoms with van der Waals surface area (Å²) in [6, 6.07) is -0.749. The Bertz CT molecular complexity index is 314. The fraction of sp³-hybridized carbons (Fsp3) is 0.500. The number of hydrogen-bond acceptors (Lipinski definition) is 3. The number of barbiturate groups is 1. The third-order valence-electron chi connectivity index (χ3n) is 2.36. The predicted octanol–water partition coefficient (Wildman–Crippen LogP) is 0.715. The van der Waals surface area contributed by atoms with Crippen LogP contribution >= 0.6 is 0 Å². The lowest BCUT2D eigenvalue weighted by molar-refractivity contribution is -0.141.